The first-order valence-corrected chi connectivity index (χ1v) is 4.96. The van der Waals surface area contributed by atoms with Crippen LogP contribution >= 0.6 is 11.3 Å². The number of methoxy groups -OCH3 is 1. The molecule has 0 aromatic carbocycles. The third-order valence-electron chi connectivity index (χ3n) is 1.42. The molecule has 5 heteroatoms. The molecule has 0 saturated carbocycles. The SMILES string of the molecule is COC(=O)CCO/N=C/c1cccs1. The number of oxime groups is 1. The number of nitrogens with zero attached hydrogens (tertiary/aromatic N) is 1. The van der Waals surface area contributed by atoms with Gasteiger partial charge in [-0.1, -0.05) is 11.2 Å². The minimum atomic E-state index is -0.295. The van der Waals surface area contributed by atoms with E-state index in [0.717, 1.165) is 4.88 Å². The van der Waals surface area contributed by atoms with Gasteiger partial charge in [-0.25, -0.2) is 0 Å². The lowest BCUT2D eigenvalue weighted by Gasteiger charge is -1.96. The van der Waals surface area contributed by atoms with Gasteiger partial charge >= 0.3 is 5.97 Å². The smallest absolute Gasteiger partial charge is 0.309 e. The highest BCUT2D eigenvalue weighted by Crippen LogP contribution is 2.04. The van der Waals surface area contributed by atoms with E-state index in [1.54, 1.807) is 17.6 Å². The van der Waals surface area contributed by atoms with E-state index in [1.807, 2.05) is 17.5 Å². The quantitative estimate of drug-likeness (QED) is 0.323. The largest absolute Gasteiger partial charge is 0.469 e. The van der Waals surface area contributed by atoms with Crippen LogP contribution in [0.5, 0.6) is 0 Å². The van der Waals surface area contributed by atoms with Crippen LogP contribution in [0.15, 0.2) is 22.7 Å². The molecule has 1 heterocycles. The van der Waals surface area contributed by atoms with Crippen molar-refractivity contribution in [2.75, 3.05) is 13.7 Å². The summed E-state index contributed by atoms with van der Waals surface area (Å²) in [6, 6.07) is 3.86. The van der Waals surface area contributed by atoms with Crippen LogP contribution in [0, 0.1) is 0 Å². The summed E-state index contributed by atoms with van der Waals surface area (Å²) in [7, 11) is 1.34. The summed E-state index contributed by atoms with van der Waals surface area (Å²) in [5.74, 6) is -0.295. The molecule has 0 aliphatic rings. The Morgan fingerprint density at radius 2 is 2.57 bits per heavy atom. The summed E-state index contributed by atoms with van der Waals surface area (Å²) in [6.07, 6.45) is 1.83. The zero-order valence-electron chi connectivity index (χ0n) is 7.80. The molecule has 0 saturated heterocycles. The third kappa shape index (κ3) is 4.04. The van der Waals surface area contributed by atoms with Crippen molar-refractivity contribution in [3.8, 4) is 0 Å². The number of hydrogen-bond acceptors (Lipinski definition) is 5. The fourth-order valence-electron chi connectivity index (χ4n) is 0.738. The molecule has 0 unspecified atom stereocenters. The molecular formula is C9H11NO3S. The monoisotopic (exact) mass is 213 g/mol. The van der Waals surface area contributed by atoms with Crippen molar-refractivity contribution in [1.29, 1.82) is 0 Å². The van der Waals surface area contributed by atoms with E-state index in [1.165, 1.54) is 7.11 Å². The van der Waals surface area contributed by atoms with Crippen LogP contribution in [-0.2, 0) is 14.4 Å². The van der Waals surface area contributed by atoms with Gasteiger partial charge < -0.3 is 9.57 Å². The minimum Gasteiger partial charge on any atom is -0.469 e. The highest BCUT2D eigenvalue weighted by atomic mass is 32.1. The second kappa shape index (κ2) is 6.15. The molecule has 1 aromatic heterocycles. The Bertz CT molecular complexity index is 295. The molecule has 0 bridgehead atoms. The maximum Gasteiger partial charge on any atom is 0.309 e. The van der Waals surface area contributed by atoms with Crippen LogP contribution in [0.1, 0.15) is 11.3 Å². The Balaban J connectivity index is 2.12. The van der Waals surface area contributed by atoms with E-state index in [4.69, 9.17) is 4.84 Å². The molecule has 0 radical (unpaired) electrons. The number of ether oxygens (including phenoxy) is 1. The van der Waals surface area contributed by atoms with Crippen molar-refractivity contribution in [1.82, 2.24) is 0 Å². The van der Waals surface area contributed by atoms with Crippen molar-refractivity contribution >= 4 is 23.5 Å². The molecule has 76 valence electrons. The van der Waals surface area contributed by atoms with Gasteiger partial charge in [0, 0.05) is 4.88 Å². The van der Waals surface area contributed by atoms with Gasteiger partial charge in [0.1, 0.15) is 6.61 Å². The summed E-state index contributed by atoms with van der Waals surface area (Å²) in [5.41, 5.74) is 0. The summed E-state index contributed by atoms with van der Waals surface area (Å²) >= 11 is 1.57. The van der Waals surface area contributed by atoms with Gasteiger partial charge in [0.2, 0.25) is 0 Å². The van der Waals surface area contributed by atoms with Crippen LogP contribution in [0.4, 0.5) is 0 Å². The Morgan fingerprint density at radius 3 is 3.21 bits per heavy atom. The standard InChI is InChI=1S/C9H11NO3S/c1-12-9(11)4-5-13-10-7-8-3-2-6-14-8/h2-3,6-7H,4-5H2,1H3/b10-7+. The Kier molecular flexibility index (Phi) is 4.71. The molecule has 4 nitrogen and oxygen atoms in total. The molecule has 0 amide bonds. The van der Waals surface area contributed by atoms with Crippen molar-refractivity contribution in [2.24, 2.45) is 5.16 Å². The second-order valence-corrected chi connectivity index (χ2v) is 3.39. The van der Waals surface area contributed by atoms with Crippen molar-refractivity contribution in [3.05, 3.63) is 22.4 Å². The van der Waals surface area contributed by atoms with Gasteiger partial charge in [-0.3, -0.25) is 4.79 Å². The summed E-state index contributed by atoms with van der Waals surface area (Å²) in [5, 5.41) is 5.65. The predicted molar refractivity (Wildman–Crippen MR) is 54.5 cm³/mol. The molecule has 0 atom stereocenters. The van der Waals surface area contributed by atoms with Crippen molar-refractivity contribution in [3.63, 3.8) is 0 Å². The first kappa shape index (κ1) is 10.7. The van der Waals surface area contributed by atoms with E-state index < -0.39 is 0 Å². The van der Waals surface area contributed by atoms with Gasteiger partial charge in [0.25, 0.3) is 0 Å². The van der Waals surface area contributed by atoms with E-state index >= 15 is 0 Å². The molecule has 0 spiro atoms. The lowest BCUT2D eigenvalue weighted by Crippen LogP contribution is -2.03. The highest BCUT2D eigenvalue weighted by Gasteiger charge is 1.98. The number of rotatable bonds is 5. The van der Waals surface area contributed by atoms with E-state index in [2.05, 4.69) is 9.89 Å². The summed E-state index contributed by atoms with van der Waals surface area (Å²) in [4.78, 5) is 16.5. The number of esters is 1. The predicted octanol–water partition coefficient (Wildman–Crippen LogP) is 1.66. The molecule has 0 aliphatic heterocycles. The molecule has 0 aliphatic carbocycles. The summed E-state index contributed by atoms with van der Waals surface area (Å²) in [6.45, 7) is 0.245. The first-order valence-electron chi connectivity index (χ1n) is 4.08. The van der Waals surface area contributed by atoms with Crippen molar-refractivity contribution < 1.29 is 14.4 Å². The molecule has 1 rings (SSSR count). The van der Waals surface area contributed by atoms with E-state index in [0.29, 0.717) is 0 Å². The molecular weight excluding hydrogens is 202 g/mol. The zero-order valence-corrected chi connectivity index (χ0v) is 8.62. The van der Waals surface area contributed by atoms with Crippen LogP contribution in [0.2, 0.25) is 0 Å². The zero-order chi connectivity index (χ0) is 10.2. The summed E-state index contributed by atoms with van der Waals surface area (Å²) < 4.78 is 4.43. The second-order valence-electron chi connectivity index (χ2n) is 2.41. The Morgan fingerprint density at radius 1 is 1.71 bits per heavy atom. The average molecular weight is 213 g/mol. The van der Waals surface area contributed by atoms with Crippen LogP contribution in [0.3, 0.4) is 0 Å². The average Bonchev–Trinajstić information content (AvgIpc) is 2.69. The van der Waals surface area contributed by atoms with Crippen LogP contribution < -0.4 is 0 Å². The maximum atomic E-state index is 10.7. The molecule has 1 aromatic rings. The van der Waals surface area contributed by atoms with Gasteiger partial charge in [-0.15, -0.1) is 11.3 Å². The topological polar surface area (TPSA) is 47.9 Å². The molecule has 0 fully saturated rings. The molecule has 0 N–H and O–H groups in total. The molecule has 14 heavy (non-hydrogen) atoms. The van der Waals surface area contributed by atoms with Crippen molar-refractivity contribution in [2.45, 2.75) is 6.42 Å². The highest BCUT2D eigenvalue weighted by molar-refractivity contribution is 7.11. The van der Waals surface area contributed by atoms with Crippen LogP contribution in [-0.4, -0.2) is 25.9 Å². The van der Waals surface area contributed by atoms with Gasteiger partial charge in [0.05, 0.1) is 19.7 Å². The number of thiophene rings is 1. The Labute approximate surface area is 86.1 Å². The van der Waals surface area contributed by atoms with Gasteiger partial charge in [0.15, 0.2) is 0 Å². The van der Waals surface area contributed by atoms with E-state index in [9.17, 15) is 4.79 Å². The normalized spacial score (nSPS) is 10.4. The Hall–Kier alpha value is -1.36. The van der Waals surface area contributed by atoms with Crippen LogP contribution in [0.25, 0.3) is 0 Å². The maximum absolute atomic E-state index is 10.7. The fourth-order valence-corrected chi connectivity index (χ4v) is 1.31. The first-order chi connectivity index (χ1) is 6.83. The third-order valence-corrected chi connectivity index (χ3v) is 2.23. The lowest BCUT2D eigenvalue weighted by atomic mass is 10.5. The van der Waals surface area contributed by atoms with E-state index in [-0.39, 0.29) is 19.0 Å². The van der Waals surface area contributed by atoms with Gasteiger partial charge in [-0.05, 0) is 11.4 Å². The minimum absolute atomic E-state index is 0.221. The number of hydrogen-bond donors (Lipinski definition) is 0. The number of carbonyl (C=O) groups excluding carboxylic acids is 1. The lowest BCUT2D eigenvalue weighted by molar-refractivity contribution is -0.141. The fraction of sp³-hybridized carbons (Fsp3) is 0.333. The van der Waals surface area contributed by atoms with Gasteiger partial charge in [-0.2, -0.15) is 0 Å². The number of carbonyl (C=O) groups is 1.